The molecule has 0 bridgehead atoms. The Morgan fingerprint density at radius 1 is 0.852 bits per heavy atom. The molecule has 0 saturated carbocycles. The van der Waals surface area contributed by atoms with Crippen LogP contribution in [0, 0.1) is 6.92 Å². The van der Waals surface area contributed by atoms with Crippen molar-refractivity contribution in [3.63, 3.8) is 0 Å². The van der Waals surface area contributed by atoms with Gasteiger partial charge in [-0.25, -0.2) is 0 Å². The molecule has 3 heteroatoms. The van der Waals surface area contributed by atoms with Gasteiger partial charge in [0, 0.05) is 6.42 Å². The molecule has 154 valence electrons. The second-order valence-corrected chi connectivity index (χ2v) is 7.76. The number of ketones is 1. The molecule has 1 aromatic rings. The van der Waals surface area contributed by atoms with Crippen LogP contribution in [0.15, 0.2) is 12.1 Å². The van der Waals surface area contributed by atoms with E-state index < -0.39 is 0 Å². The number of hydrogen-bond donors (Lipinski definition) is 1. The Balaban J connectivity index is 2.07. The normalized spacial score (nSPS) is 10.9. The van der Waals surface area contributed by atoms with Gasteiger partial charge in [-0.1, -0.05) is 84.0 Å². The molecule has 27 heavy (non-hydrogen) atoms. The molecule has 0 atom stereocenters. The lowest BCUT2D eigenvalue weighted by atomic mass is 10.00. The van der Waals surface area contributed by atoms with Crippen LogP contribution < -0.4 is 4.74 Å². The average molecular weight is 377 g/mol. The van der Waals surface area contributed by atoms with Crippen LogP contribution in [0.1, 0.15) is 113 Å². The Labute approximate surface area is 166 Å². The van der Waals surface area contributed by atoms with Crippen molar-refractivity contribution < 1.29 is 14.6 Å². The zero-order chi connectivity index (χ0) is 19.9. The van der Waals surface area contributed by atoms with Gasteiger partial charge < -0.3 is 9.84 Å². The second-order valence-electron chi connectivity index (χ2n) is 7.76. The molecule has 3 nitrogen and oxygen atoms in total. The highest BCUT2D eigenvalue weighted by Gasteiger charge is 2.14. The van der Waals surface area contributed by atoms with Gasteiger partial charge in [0.05, 0.1) is 12.7 Å². The molecular weight excluding hydrogens is 336 g/mol. The summed E-state index contributed by atoms with van der Waals surface area (Å²) in [6.07, 6.45) is 17.3. The van der Waals surface area contributed by atoms with Crippen LogP contribution in [0.3, 0.4) is 0 Å². The minimum atomic E-state index is 0.0116. The number of rotatable bonds is 16. The van der Waals surface area contributed by atoms with Gasteiger partial charge in [0.1, 0.15) is 11.5 Å². The molecule has 0 radical (unpaired) electrons. The number of aromatic hydroxyl groups is 1. The molecule has 0 fully saturated rings. The summed E-state index contributed by atoms with van der Waals surface area (Å²) in [6, 6.07) is 3.39. The molecule has 0 amide bonds. The molecular formula is C24H40O3. The van der Waals surface area contributed by atoms with Gasteiger partial charge in [-0.15, -0.1) is 0 Å². The first-order valence-corrected chi connectivity index (χ1v) is 11.0. The lowest BCUT2D eigenvalue weighted by Gasteiger charge is -2.09. The zero-order valence-electron chi connectivity index (χ0n) is 17.8. The van der Waals surface area contributed by atoms with Gasteiger partial charge in [-0.3, -0.25) is 4.79 Å². The number of phenols is 1. The number of benzene rings is 1. The van der Waals surface area contributed by atoms with Gasteiger partial charge in [0.15, 0.2) is 5.78 Å². The Kier molecular flexibility index (Phi) is 12.7. The summed E-state index contributed by atoms with van der Waals surface area (Å²) in [5, 5.41) is 10.1. The molecule has 0 aliphatic carbocycles. The van der Waals surface area contributed by atoms with Crippen molar-refractivity contribution >= 4 is 5.78 Å². The molecule has 0 aliphatic rings. The first kappa shape index (κ1) is 23.5. The summed E-state index contributed by atoms with van der Waals surface area (Å²) in [6.45, 7) is 4.05. The second kappa shape index (κ2) is 14.5. The Bertz CT molecular complexity index is 537. The van der Waals surface area contributed by atoms with Crippen LogP contribution in [0.25, 0.3) is 0 Å². The van der Waals surface area contributed by atoms with Gasteiger partial charge in [0.2, 0.25) is 0 Å². The van der Waals surface area contributed by atoms with Crippen LogP contribution in [0.4, 0.5) is 0 Å². The van der Waals surface area contributed by atoms with Crippen molar-refractivity contribution in [3.05, 3.63) is 23.3 Å². The molecule has 1 N–H and O–H groups in total. The van der Waals surface area contributed by atoms with E-state index in [2.05, 4.69) is 6.92 Å². The van der Waals surface area contributed by atoms with Gasteiger partial charge >= 0.3 is 0 Å². The van der Waals surface area contributed by atoms with E-state index in [0.717, 1.165) is 12.8 Å². The van der Waals surface area contributed by atoms with Gasteiger partial charge in [-0.05, 0) is 31.0 Å². The quantitative estimate of drug-likeness (QED) is 0.242. The van der Waals surface area contributed by atoms with E-state index >= 15 is 0 Å². The Morgan fingerprint density at radius 3 is 1.81 bits per heavy atom. The molecule has 0 aliphatic heterocycles. The zero-order valence-corrected chi connectivity index (χ0v) is 17.8. The summed E-state index contributed by atoms with van der Waals surface area (Å²) in [5.41, 5.74) is 1.08. The topological polar surface area (TPSA) is 46.5 Å². The molecule has 0 saturated heterocycles. The maximum Gasteiger partial charge on any atom is 0.166 e. The summed E-state index contributed by atoms with van der Waals surface area (Å²) >= 11 is 0. The molecule has 1 aromatic carbocycles. The van der Waals surface area contributed by atoms with Crippen LogP contribution in [-0.4, -0.2) is 18.0 Å². The fourth-order valence-corrected chi connectivity index (χ4v) is 3.51. The minimum absolute atomic E-state index is 0.0116. The molecule has 0 spiro atoms. The monoisotopic (exact) mass is 376 g/mol. The van der Waals surface area contributed by atoms with Crippen molar-refractivity contribution in [2.75, 3.05) is 7.11 Å². The number of ether oxygens (including phenoxy) is 1. The number of methoxy groups -OCH3 is 1. The number of aryl methyl sites for hydroxylation is 1. The highest BCUT2D eigenvalue weighted by Crippen LogP contribution is 2.29. The third kappa shape index (κ3) is 9.83. The first-order valence-electron chi connectivity index (χ1n) is 11.0. The summed E-state index contributed by atoms with van der Waals surface area (Å²) in [7, 11) is 1.58. The van der Waals surface area contributed by atoms with E-state index in [1.54, 1.807) is 26.2 Å². The fourth-order valence-electron chi connectivity index (χ4n) is 3.51. The number of carbonyl (C=O) groups excluding carboxylic acids is 1. The number of unbranched alkanes of at least 4 members (excludes halogenated alkanes) is 12. The van der Waals surface area contributed by atoms with Crippen molar-refractivity contribution in [2.45, 2.75) is 104 Å². The average Bonchev–Trinajstić information content (AvgIpc) is 2.67. The van der Waals surface area contributed by atoms with Crippen LogP contribution in [0.2, 0.25) is 0 Å². The van der Waals surface area contributed by atoms with Crippen LogP contribution in [0.5, 0.6) is 11.5 Å². The lowest BCUT2D eigenvalue weighted by Crippen LogP contribution is -2.01. The number of phenolic OH excluding ortho intramolecular Hbond substituents is 1. The molecule has 0 aromatic heterocycles. The van der Waals surface area contributed by atoms with Crippen molar-refractivity contribution in [1.29, 1.82) is 0 Å². The van der Waals surface area contributed by atoms with E-state index in [1.165, 1.54) is 70.6 Å². The van der Waals surface area contributed by atoms with E-state index in [4.69, 9.17) is 4.74 Å². The van der Waals surface area contributed by atoms with E-state index in [1.807, 2.05) is 0 Å². The summed E-state index contributed by atoms with van der Waals surface area (Å²) in [5.74, 6) is 0.729. The maximum atomic E-state index is 12.4. The minimum Gasteiger partial charge on any atom is -0.507 e. The predicted octanol–water partition coefficient (Wildman–Crippen LogP) is 7.37. The molecule has 1 rings (SSSR count). The molecule has 0 heterocycles. The SMILES string of the molecule is CCCCCCCCCCCCCCCC(=O)c1cc(OC)cc(C)c1O. The standard InChI is InChI=1S/C24H40O3/c1-4-5-6-7-8-9-10-11-12-13-14-15-16-17-23(25)22-19-21(27-3)18-20(2)24(22)26/h18-19,26H,4-17H2,1-3H3. The van der Waals surface area contributed by atoms with Crippen molar-refractivity contribution in [2.24, 2.45) is 0 Å². The lowest BCUT2D eigenvalue weighted by molar-refractivity contribution is 0.0976. The maximum absolute atomic E-state index is 12.4. The van der Waals surface area contributed by atoms with Crippen LogP contribution in [-0.2, 0) is 0 Å². The number of Topliss-reactive ketones (excluding diaryl/α,β-unsaturated/α-hetero) is 1. The van der Waals surface area contributed by atoms with E-state index in [-0.39, 0.29) is 11.5 Å². The molecule has 0 unspecified atom stereocenters. The fraction of sp³-hybridized carbons (Fsp3) is 0.708. The van der Waals surface area contributed by atoms with Crippen molar-refractivity contribution in [1.82, 2.24) is 0 Å². The number of carbonyl (C=O) groups is 1. The Morgan fingerprint density at radius 2 is 1.33 bits per heavy atom. The summed E-state index contributed by atoms with van der Waals surface area (Å²) in [4.78, 5) is 12.4. The van der Waals surface area contributed by atoms with Gasteiger partial charge in [-0.2, -0.15) is 0 Å². The van der Waals surface area contributed by atoms with Crippen molar-refractivity contribution in [3.8, 4) is 11.5 Å². The predicted molar refractivity (Wildman–Crippen MR) is 114 cm³/mol. The third-order valence-corrected chi connectivity index (χ3v) is 5.32. The smallest absolute Gasteiger partial charge is 0.166 e. The first-order chi connectivity index (χ1) is 13.1. The Hall–Kier alpha value is -1.51. The largest absolute Gasteiger partial charge is 0.507 e. The van der Waals surface area contributed by atoms with E-state index in [9.17, 15) is 9.90 Å². The highest BCUT2D eigenvalue weighted by atomic mass is 16.5. The third-order valence-electron chi connectivity index (χ3n) is 5.32. The van der Waals surface area contributed by atoms with E-state index in [0.29, 0.717) is 23.3 Å². The van der Waals surface area contributed by atoms with Gasteiger partial charge in [0.25, 0.3) is 0 Å². The number of hydrogen-bond acceptors (Lipinski definition) is 3. The highest BCUT2D eigenvalue weighted by molar-refractivity contribution is 5.99. The van der Waals surface area contributed by atoms with Crippen LogP contribution >= 0.6 is 0 Å². The summed E-state index contributed by atoms with van der Waals surface area (Å²) < 4.78 is 5.20.